The van der Waals surface area contributed by atoms with Crippen molar-refractivity contribution in [1.29, 1.82) is 0 Å². The Kier molecular flexibility index (Phi) is 8.14. The quantitative estimate of drug-likeness (QED) is 0.605. The lowest BCUT2D eigenvalue weighted by Crippen LogP contribution is -2.35. The van der Waals surface area contributed by atoms with E-state index in [1.165, 1.54) is 0 Å². The highest BCUT2D eigenvalue weighted by atomic mass is 16.5. The predicted molar refractivity (Wildman–Crippen MR) is 59.5 cm³/mol. The Labute approximate surface area is 88.1 Å². The molecular weight excluding hydrogens is 178 g/mol. The second kappa shape index (κ2) is 8.21. The predicted octanol–water partition coefficient (Wildman–Crippen LogP) is 1.36. The lowest BCUT2D eigenvalue weighted by Gasteiger charge is -2.23. The van der Waals surface area contributed by atoms with E-state index in [2.05, 4.69) is 18.7 Å². The molecule has 14 heavy (non-hydrogen) atoms. The van der Waals surface area contributed by atoms with Gasteiger partial charge in [-0.2, -0.15) is 0 Å². The topological polar surface area (TPSA) is 32.7 Å². The molecule has 0 radical (unpaired) electrons. The highest BCUT2D eigenvalue weighted by Gasteiger charge is 2.13. The molecule has 0 rings (SSSR count). The summed E-state index contributed by atoms with van der Waals surface area (Å²) in [5, 5.41) is 9.76. The second-order valence-corrected chi connectivity index (χ2v) is 3.91. The summed E-state index contributed by atoms with van der Waals surface area (Å²) in [7, 11) is 2.02. The van der Waals surface area contributed by atoms with Gasteiger partial charge in [0.25, 0.3) is 0 Å². The molecule has 0 amide bonds. The lowest BCUT2D eigenvalue weighted by molar-refractivity contribution is 0.0609. The average molecular weight is 203 g/mol. The fraction of sp³-hybridized carbons (Fsp3) is 1.00. The molecule has 0 fully saturated rings. The average Bonchev–Trinajstić information content (AvgIpc) is 2.16. The first-order valence-corrected chi connectivity index (χ1v) is 5.56. The van der Waals surface area contributed by atoms with E-state index in [9.17, 15) is 5.11 Å². The Bertz CT molecular complexity index is 130. The van der Waals surface area contributed by atoms with E-state index < -0.39 is 0 Å². The molecule has 0 heterocycles. The van der Waals surface area contributed by atoms with Crippen LogP contribution in [-0.2, 0) is 4.74 Å². The van der Waals surface area contributed by atoms with Crippen LogP contribution in [0.25, 0.3) is 0 Å². The molecule has 86 valence electrons. The third-order valence-corrected chi connectivity index (χ3v) is 2.62. The van der Waals surface area contributed by atoms with Gasteiger partial charge in [0, 0.05) is 19.7 Å². The molecule has 0 aromatic rings. The summed E-state index contributed by atoms with van der Waals surface area (Å²) in [6.07, 6.45) is 0.812. The van der Waals surface area contributed by atoms with Crippen LogP contribution in [-0.4, -0.2) is 49.5 Å². The summed E-state index contributed by atoms with van der Waals surface area (Å²) in [4.78, 5) is 2.12. The number of aliphatic hydroxyl groups excluding tert-OH is 1. The van der Waals surface area contributed by atoms with E-state index in [4.69, 9.17) is 4.74 Å². The molecule has 2 unspecified atom stereocenters. The third kappa shape index (κ3) is 6.35. The summed E-state index contributed by atoms with van der Waals surface area (Å²) in [5.74, 6) is 0.379. The van der Waals surface area contributed by atoms with Crippen molar-refractivity contribution in [2.45, 2.75) is 33.3 Å². The maximum atomic E-state index is 9.76. The normalized spacial score (nSPS) is 15.9. The van der Waals surface area contributed by atoms with Crippen LogP contribution in [0.2, 0.25) is 0 Å². The molecule has 0 aliphatic rings. The molecule has 3 nitrogen and oxygen atoms in total. The molecule has 1 N–H and O–H groups in total. The zero-order valence-electron chi connectivity index (χ0n) is 9.99. The van der Waals surface area contributed by atoms with Crippen molar-refractivity contribution in [1.82, 2.24) is 4.90 Å². The summed E-state index contributed by atoms with van der Waals surface area (Å²) in [6, 6.07) is 0. The monoisotopic (exact) mass is 203 g/mol. The summed E-state index contributed by atoms with van der Waals surface area (Å²) >= 11 is 0. The molecule has 0 saturated heterocycles. The highest BCUT2D eigenvalue weighted by Crippen LogP contribution is 2.07. The van der Waals surface area contributed by atoms with Crippen molar-refractivity contribution in [3.63, 3.8) is 0 Å². The van der Waals surface area contributed by atoms with Crippen LogP contribution in [0.3, 0.4) is 0 Å². The van der Waals surface area contributed by atoms with Gasteiger partial charge in [0.2, 0.25) is 0 Å². The number of nitrogens with zero attached hydrogens (tertiary/aromatic N) is 1. The van der Waals surface area contributed by atoms with E-state index in [0.29, 0.717) is 5.92 Å². The first-order chi connectivity index (χ1) is 6.61. The van der Waals surface area contributed by atoms with Gasteiger partial charge in [-0.25, -0.2) is 0 Å². The molecular formula is C11H25NO2. The van der Waals surface area contributed by atoms with Crippen LogP contribution >= 0.6 is 0 Å². The van der Waals surface area contributed by atoms with Gasteiger partial charge in [-0.1, -0.05) is 20.3 Å². The molecule has 0 aliphatic carbocycles. The number of hydrogen-bond acceptors (Lipinski definition) is 3. The zero-order chi connectivity index (χ0) is 11.0. The molecule has 0 aliphatic heterocycles. The largest absolute Gasteiger partial charge is 0.392 e. The van der Waals surface area contributed by atoms with Gasteiger partial charge in [-0.3, -0.25) is 0 Å². The van der Waals surface area contributed by atoms with Crippen LogP contribution in [0.5, 0.6) is 0 Å². The molecule has 0 bridgehead atoms. The Morgan fingerprint density at radius 2 is 2.00 bits per heavy atom. The Morgan fingerprint density at radius 3 is 2.50 bits per heavy atom. The van der Waals surface area contributed by atoms with Crippen molar-refractivity contribution >= 4 is 0 Å². The first-order valence-electron chi connectivity index (χ1n) is 5.56. The lowest BCUT2D eigenvalue weighted by atomic mass is 10.0. The van der Waals surface area contributed by atoms with Crippen LogP contribution in [0, 0.1) is 5.92 Å². The van der Waals surface area contributed by atoms with E-state index in [1.54, 1.807) is 0 Å². The number of likely N-dealkylation sites (N-methyl/N-ethyl adjacent to an activating group) is 1. The molecule has 0 saturated carbocycles. The van der Waals surface area contributed by atoms with E-state index in [1.807, 2.05) is 14.0 Å². The smallest absolute Gasteiger partial charge is 0.0692 e. The number of ether oxygens (including phenoxy) is 1. The fourth-order valence-electron chi connectivity index (χ4n) is 1.23. The molecule has 0 aromatic heterocycles. The fourth-order valence-corrected chi connectivity index (χ4v) is 1.23. The maximum Gasteiger partial charge on any atom is 0.0692 e. The first kappa shape index (κ1) is 13.9. The highest BCUT2D eigenvalue weighted by molar-refractivity contribution is 4.66. The van der Waals surface area contributed by atoms with Crippen molar-refractivity contribution < 1.29 is 9.84 Å². The van der Waals surface area contributed by atoms with Crippen molar-refractivity contribution in [3.05, 3.63) is 0 Å². The third-order valence-electron chi connectivity index (χ3n) is 2.62. The van der Waals surface area contributed by atoms with Crippen molar-refractivity contribution in [3.8, 4) is 0 Å². The molecule has 2 atom stereocenters. The minimum atomic E-state index is -0.216. The van der Waals surface area contributed by atoms with Gasteiger partial charge >= 0.3 is 0 Å². The summed E-state index contributed by atoms with van der Waals surface area (Å²) < 4.78 is 5.25. The minimum absolute atomic E-state index is 0.216. The van der Waals surface area contributed by atoms with E-state index in [0.717, 1.165) is 32.7 Å². The summed E-state index contributed by atoms with van der Waals surface area (Å²) in [6.45, 7) is 9.33. The van der Waals surface area contributed by atoms with Gasteiger partial charge < -0.3 is 14.7 Å². The maximum absolute atomic E-state index is 9.76. The molecule has 0 spiro atoms. The van der Waals surface area contributed by atoms with Crippen molar-refractivity contribution in [2.75, 3.05) is 33.4 Å². The zero-order valence-corrected chi connectivity index (χ0v) is 9.99. The van der Waals surface area contributed by atoms with Crippen LogP contribution in [0.4, 0.5) is 0 Å². The van der Waals surface area contributed by atoms with Gasteiger partial charge in [0.1, 0.15) is 0 Å². The Balaban J connectivity index is 3.54. The van der Waals surface area contributed by atoms with Crippen molar-refractivity contribution in [2.24, 2.45) is 5.92 Å². The SMILES string of the molecule is CCOCCN(C)CC(O)C(C)CC. The Morgan fingerprint density at radius 1 is 1.36 bits per heavy atom. The van der Waals surface area contributed by atoms with Gasteiger partial charge in [-0.05, 0) is 19.9 Å². The number of hydrogen-bond donors (Lipinski definition) is 1. The standard InChI is InChI=1S/C11H25NO2/c1-5-10(3)11(13)9-12(4)7-8-14-6-2/h10-11,13H,5-9H2,1-4H3. The minimum Gasteiger partial charge on any atom is -0.392 e. The Hall–Kier alpha value is -0.120. The number of aliphatic hydroxyl groups is 1. The molecule has 3 heteroatoms. The van der Waals surface area contributed by atoms with E-state index in [-0.39, 0.29) is 6.10 Å². The van der Waals surface area contributed by atoms with Crippen LogP contribution in [0.15, 0.2) is 0 Å². The van der Waals surface area contributed by atoms with E-state index >= 15 is 0 Å². The van der Waals surface area contributed by atoms with Crippen LogP contribution < -0.4 is 0 Å². The van der Waals surface area contributed by atoms with Crippen LogP contribution in [0.1, 0.15) is 27.2 Å². The molecule has 0 aromatic carbocycles. The number of rotatable bonds is 8. The van der Waals surface area contributed by atoms with Gasteiger partial charge in [-0.15, -0.1) is 0 Å². The van der Waals surface area contributed by atoms with Gasteiger partial charge in [0.15, 0.2) is 0 Å². The summed E-state index contributed by atoms with van der Waals surface area (Å²) in [5.41, 5.74) is 0. The second-order valence-electron chi connectivity index (χ2n) is 3.91. The van der Waals surface area contributed by atoms with Gasteiger partial charge in [0.05, 0.1) is 12.7 Å².